The monoisotopic (exact) mass is 291 g/mol. The molecule has 1 amide bonds. The maximum atomic E-state index is 12.2. The van der Waals surface area contributed by atoms with Gasteiger partial charge in [0, 0.05) is 26.5 Å². The van der Waals surface area contributed by atoms with Gasteiger partial charge in [-0.3, -0.25) is 9.78 Å². The van der Waals surface area contributed by atoms with E-state index in [1.807, 2.05) is 38.1 Å². The Morgan fingerprint density at radius 3 is 2.60 bits per heavy atom. The Labute approximate surface area is 121 Å². The highest BCUT2D eigenvalue weighted by Gasteiger charge is 2.19. The number of pyridine rings is 1. The Hall–Kier alpha value is -2.15. The first kappa shape index (κ1) is 14.3. The van der Waals surface area contributed by atoms with Crippen LogP contribution in [-0.4, -0.2) is 30.0 Å². The predicted molar refractivity (Wildman–Crippen MR) is 81.0 cm³/mol. The number of aromatic nitrogens is 2. The fraction of sp³-hybridized carbons (Fsp3) is 0.308. The van der Waals surface area contributed by atoms with Crippen molar-refractivity contribution in [1.29, 1.82) is 0 Å². The molecule has 0 saturated carbocycles. The third-order valence-electron chi connectivity index (χ3n) is 2.78. The molecule has 0 radical (unpaired) electrons. The number of rotatable bonds is 4. The molecule has 0 aliphatic rings. The van der Waals surface area contributed by atoms with Crippen LogP contribution in [0.15, 0.2) is 24.5 Å². The summed E-state index contributed by atoms with van der Waals surface area (Å²) in [6, 6.07) is 3.62. The second-order valence-electron chi connectivity index (χ2n) is 4.58. The summed E-state index contributed by atoms with van der Waals surface area (Å²) in [6.07, 6.45) is 3.40. The molecule has 20 heavy (non-hydrogen) atoms. The molecular formula is C13H17N5OS. The largest absolute Gasteiger partial charge is 0.382 e. The first-order chi connectivity index (χ1) is 9.49. The Morgan fingerprint density at radius 2 is 2.05 bits per heavy atom. The van der Waals surface area contributed by atoms with Gasteiger partial charge in [0.05, 0.1) is 6.04 Å². The summed E-state index contributed by atoms with van der Waals surface area (Å²) in [6.45, 7) is 1.91. The lowest BCUT2D eigenvalue weighted by atomic mass is 10.1. The molecule has 1 atom stereocenters. The van der Waals surface area contributed by atoms with Crippen LogP contribution in [0.3, 0.4) is 0 Å². The fourth-order valence-electron chi connectivity index (χ4n) is 1.67. The second-order valence-corrected chi connectivity index (χ2v) is 5.56. The van der Waals surface area contributed by atoms with Gasteiger partial charge < -0.3 is 16.0 Å². The van der Waals surface area contributed by atoms with Crippen LogP contribution < -0.4 is 16.0 Å². The van der Waals surface area contributed by atoms with Crippen molar-refractivity contribution in [2.45, 2.75) is 13.0 Å². The van der Waals surface area contributed by atoms with Gasteiger partial charge in [-0.15, -0.1) is 0 Å². The molecule has 0 aliphatic carbocycles. The van der Waals surface area contributed by atoms with E-state index in [1.54, 1.807) is 12.4 Å². The quantitative estimate of drug-likeness (QED) is 0.895. The molecule has 3 N–H and O–H groups in total. The van der Waals surface area contributed by atoms with Gasteiger partial charge in [-0.05, 0) is 24.6 Å². The lowest BCUT2D eigenvalue weighted by molar-refractivity contribution is 0.0944. The summed E-state index contributed by atoms with van der Waals surface area (Å²) in [4.78, 5) is 22.6. The van der Waals surface area contributed by atoms with Crippen molar-refractivity contribution in [3.05, 3.63) is 35.0 Å². The van der Waals surface area contributed by atoms with E-state index in [1.165, 1.54) is 11.3 Å². The van der Waals surface area contributed by atoms with Gasteiger partial charge in [-0.2, -0.15) is 0 Å². The highest BCUT2D eigenvalue weighted by atomic mass is 32.1. The van der Waals surface area contributed by atoms with E-state index in [0.717, 1.165) is 5.56 Å². The average Bonchev–Trinajstić information content (AvgIpc) is 2.82. The number of amides is 1. The number of hydrogen-bond acceptors (Lipinski definition) is 6. The van der Waals surface area contributed by atoms with E-state index in [2.05, 4.69) is 15.3 Å². The normalized spacial score (nSPS) is 11.9. The van der Waals surface area contributed by atoms with Crippen LogP contribution in [0.4, 0.5) is 10.9 Å². The van der Waals surface area contributed by atoms with Gasteiger partial charge in [0.15, 0.2) is 5.13 Å². The zero-order valence-corrected chi connectivity index (χ0v) is 12.4. The van der Waals surface area contributed by atoms with Gasteiger partial charge in [-0.1, -0.05) is 11.3 Å². The molecule has 1 unspecified atom stereocenters. The summed E-state index contributed by atoms with van der Waals surface area (Å²) in [7, 11) is 3.72. The van der Waals surface area contributed by atoms with Crippen LogP contribution in [0.1, 0.15) is 28.2 Å². The number of carbonyl (C=O) groups is 1. The number of nitrogens with zero attached hydrogens (tertiary/aromatic N) is 3. The van der Waals surface area contributed by atoms with Gasteiger partial charge in [-0.25, -0.2) is 4.98 Å². The van der Waals surface area contributed by atoms with Crippen molar-refractivity contribution in [1.82, 2.24) is 15.3 Å². The van der Waals surface area contributed by atoms with Crippen molar-refractivity contribution in [3.8, 4) is 0 Å². The zero-order chi connectivity index (χ0) is 14.7. The Balaban J connectivity index is 2.12. The molecule has 2 rings (SSSR count). The molecule has 0 fully saturated rings. The topological polar surface area (TPSA) is 84.1 Å². The minimum atomic E-state index is -0.211. The van der Waals surface area contributed by atoms with Crippen molar-refractivity contribution >= 4 is 28.2 Å². The molecule has 2 heterocycles. The Morgan fingerprint density at radius 1 is 1.40 bits per heavy atom. The van der Waals surface area contributed by atoms with Crippen LogP contribution in [0.25, 0.3) is 0 Å². The number of hydrogen-bond donors (Lipinski definition) is 2. The average molecular weight is 291 g/mol. The maximum Gasteiger partial charge on any atom is 0.265 e. The molecule has 0 aliphatic heterocycles. The van der Waals surface area contributed by atoms with Gasteiger partial charge in [0.25, 0.3) is 5.91 Å². The standard InChI is InChI=1S/C13H17N5OS/c1-8(9-4-6-15-7-5-9)16-12(19)10-11(14)17-13(20-10)18(2)3/h4-8H,14H2,1-3H3,(H,16,19). The van der Waals surface area contributed by atoms with E-state index >= 15 is 0 Å². The molecular weight excluding hydrogens is 274 g/mol. The van der Waals surface area contributed by atoms with Crippen LogP contribution in [0.5, 0.6) is 0 Å². The Kier molecular flexibility index (Phi) is 4.19. The minimum Gasteiger partial charge on any atom is -0.382 e. The van der Waals surface area contributed by atoms with Crippen LogP contribution in [0.2, 0.25) is 0 Å². The SMILES string of the molecule is CC(NC(=O)c1sc(N(C)C)nc1N)c1ccncc1. The van der Waals surface area contributed by atoms with Gasteiger partial charge in [0.1, 0.15) is 10.7 Å². The second kappa shape index (κ2) is 5.87. The summed E-state index contributed by atoms with van der Waals surface area (Å²) in [5, 5.41) is 3.62. The van der Waals surface area contributed by atoms with E-state index in [9.17, 15) is 4.79 Å². The van der Waals surface area contributed by atoms with Crippen LogP contribution in [-0.2, 0) is 0 Å². The first-order valence-corrected chi connectivity index (χ1v) is 6.95. The molecule has 2 aromatic heterocycles. The first-order valence-electron chi connectivity index (χ1n) is 6.13. The molecule has 0 saturated heterocycles. The van der Waals surface area contributed by atoms with Gasteiger partial charge in [0.2, 0.25) is 0 Å². The summed E-state index contributed by atoms with van der Waals surface area (Å²) in [5.41, 5.74) is 6.79. The number of nitrogens with two attached hydrogens (primary N) is 1. The number of carbonyl (C=O) groups excluding carboxylic acids is 1. The van der Waals surface area contributed by atoms with Crippen molar-refractivity contribution in [2.75, 3.05) is 24.7 Å². The molecule has 0 bridgehead atoms. The highest BCUT2D eigenvalue weighted by Crippen LogP contribution is 2.27. The number of nitrogen functional groups attached to an aromatic ring is 1. The van der Waals surface area contributed by atoms with Crippen molar-refractivity contribution in [3.63, 3.8) is 0 Å². The summed E-state index contributed by atoms with van der Waals surface area (Å²) < 4.78 is 0. The molecule has 2 aromatic rings. The summed E-state index contributed by atoms with van der Waals surface area (Å²) >= 11 is 1.28. The number of thiazole rings is 1. The van der Waals surface area contributed by atoms with Crippen molar-refractivity contribution in [2.24, 2.45) is 0 Å². The smallest absolute Gasteiger partial charge is 0.265 e. The minimum absolute atomic E-state index is 0.116. The van der Waals surface area contributed by atoms with E-state index < -0.39 is 0 Å². The zero-order valence-electron chi connectivity index (χ0n) is 11.6. The maximum absolute atomic E-state index is 12.2. The highest BCUT2D eigenvalue weighted by molar-refractivity contribution is 7.18. The predicted octanol–water partition coefficient (Wildman–Crippen LogP) is 1.68. The lowest BCUT2D eigenvalue weighted by Gasteiger charge is -2.13. The lowest BCUT2D eigenvalue weighted by Crippen LogP contribution is -2.26. The van der Waals surface area contributed by atoms with E-state index in [0.29, 0.717) is 10.0 Å². The molecule has 0 spiro atoms. The Bertz CT molecular complexity index is 596. The number of anilines is 2. The van der Waals surface area contributed by atoms with Gasteiger partial charge >= 0.3 is 0 Å². The third kappa shape index (κ3) is 3.05. The fourth-order valence-corrected chi connectivity index (χ4v) is 2.48. The van der Waals surface area contributed by atoms with E-state index in [-0.39, 0.29) is 17.8 Å². The van der Waals surface area contributed by atoms with Crippen LogP contribution in [0, 0.1) is 0 Å². The molecule has 106 valence electrons. The molecule has 7 heteroatoms. The molecule has 0 aromatic carbocycles. The van der Waals surface area contributed by atoms with Crippen LogP contribution >= 0.6 is 11.3 Å². The third-order valence-corrected chi connectivity index (χ3v) is 4.02. The number of nitrogens with one attached hydrogen (secondary N) is 1. The molecule has 6 nitrogen and oxygen atoms in total. The van der Waals surface area contributed by atoms with Crippen molar-refractivity contribution < 1.29 is 4.79 Å². The van der Waals surface area contributed by atoms with E-state index in [4.69, 9.17) is 5.73 Å². The summed E-state index contributed by atoms with van der Waals surface area (Å²) in [5.74, 6) is 0.0514.